The zero-order valence-electron chi connectivity index (χ0n) is 18.7. The number of anilines is 1. The van der Waals surface area contributed by atoms with Gasteiger partial charge in [-0.05, 0) is 43.9 Å². The predicted octanol–water partition coefficient (Wildman–Crippen LogP) is 3.18. The number of hydrogen-bond acceptors (Lipinski definition) is 5. The molecule has 0 amide bonds. The largest absolute Gasteiger partial charge is 0.508 e. The van der Waals surface area contributed by atoms with Crippen LogP contribution in [0.15, 0.2) is 47.5 Å². The lowest BCUT2D eigenvalue weighted by Crippen LogP contribution is -2.48. The van der Waals surface area contributed by atoms with E-state index >= 15 is 0 Å². The van der Waals surface area contributed by atoms with Crippen LogP contribution in [0.2, 0.25) is 0 Å². The van der Waals surface area contributed by atoms with Crippen LogP contribution in [0.3, 0.4) is 0 Å². The van der Waals surface area contributed by atoms with E-state index in [2.05, 4.69) is 34.6 Å². The number of nitrogens with one attached hydrogen (secondary N) is 2. The van der Waals surface area contributed by atoms with Gasteiger partial charge >= 0.3 is 0 Å². The Morgan fingerprint density at radius 1 is 1.10 bits per heavy atom. The Hall–Kier alpha value is -3.09. The van der Waals surface area contributed by atoms with Crippen molar-refractivity contribution < 1.29 is 14.6 Å². The fourth-order valence-corrected chi connectivity index (χ4v) is 3.78. The summed E-state index contributed by atoms with van der Waals surface area (Å²) in [6.45, 7) is 5.47. The van der Waals surface area contributed by atoms with Crippen molar-refractivity contribution in [3.63, 3.8) is 0 Å². The molecule has 1 fully saturated rings. The van der Waals surface area contributed by atoms with Gasteiger partial charge in [0.2, 0.25) is 0 Å². The molecule has 0 bridgehead atoms. The third-order valence-electron chi connectivity index (χ3n) is 5.46. The summed E-state index contributed by atoms with van der Waals surface area (Å²) in [5.74, 6) is 2.77. The lowest BCUT2D eigenvalue weighted by molar-refractivity contribution is 0.393. The third kappa shape index (κ3) is 6.70. The zero-order valence-corrected chi connectivity index (χ0v) is 18.7. The van der Waals surface area contributed by atoms with E-state index in [1.54, 1.807) is 26.4 Å². The van der Waals surface area contributed by atoms with Gasteiger partial charge in [-0.25, -0.2) is 0 Å². The summed E-state index contributed by atoms with van der Waals surface area (Å²) in [6, 6.07) is 13.7. The molecular formula is C24H34N4O3. The lowest BCUT2D eigenvalue weighted by Gasteiger charge is -2.34. The molecule has 168 valence electrons. The Morgan fingerprint density at radius 3 is 2.42 bits per heavy atom. The van der Waals surface area contributed by atoms with Crippen molar-refractivity contribution in [2.75, 3.05) is 45.3 Å². The number of rotatable bonds is 8. The van der Waals surface area contributed by atoms with E-state index in [1.165, 1.54) is 0 Å². The van der Waals surface area contributed by atoms with E-state index in [9.17, 15) is 5.11 Å². The molecule has 0 saturated carbocycles. The van der Waals surface area contributed by atoms with Gasteiger partial charge < -0.3 is 30.1 Å². The molecule has 0 aromatic heterocycles. The number of methoxy groups -OCH3 is 2. The Labute approximate surface area is 185 Å². The summed E-state index contributed by atoms with van der Waals surface area (Å²) >= 11 is 0. The fourth-order valence-electron chi connectivity index (χ4n) is 3.78. The molecule has 1 aliphatic rings. The smallest absolute Gasteiger partial charge is 0.191 e. The number of guanidine groups is 1. The van der Waals surface area contributed by atoms with Gasteiger partial charge in [0, 0.05) is 56.1 Å². The molecule has 0 spiro atoms. The third-order valence-corrected chi connectivity index (χ3v) is 5.46. The summed E-state index contributed by atoms with van der Waals surface area (Å²) in [6.07, 6.45) is 2.84. The molecule has 7 heteroatoms. The molecule has 0 radical (unpaired) electrons. The number of ether oxygens (including phenoxy) is 2. The van der Waals surface area contributed by atoms with Crippen LogP contribution in [0.1, 0.15) is 25.3 Å². The highest BCUT2D eigenvalue weighted by molar-refractivity contribution is 5.80. The molecule has 0 aliphatic carbocycles. The van der Waals surface area contributed by atoms with Gasteiger partial charge in [0.15, 0.2) is 5.96 Å². The second-order valence-corrected chi connectivity index (χ2v) is 7.66. The second kappa shape index (κ2) is 11.3. The molecule has 0 atom stereocenters. The topological polar surface area (TPSA) is 78.4 Å². The van der Waals surface area contributed by atoms with E-state index in [0.717, 1.165) is 67.6 Å². The summed E-state index contributed by atoms with van der Waals surface area (Å²) in [7, 11) is 3.35. The minimum absolute atomic E-state index is 0.298. The molecule has 31 heavy (non-hydrogen) atoms. The molecule has 1 heterocycles. The number of phenolic OH excluding ortho intramolecular Hbond substituents is 1. The number of nitrogens with zero attached hydrogens (tertiary/aromatic N) is 2. The average molecular weight is 427 g/mol. The van der Waals surface area contributed by atoms with Gasteiger partial charge in [0.25, 0.3) is 0 Å². The Morgan fingerprint density at radius 2 is 1.81 bits per heavy atom. The van der Waals surface area contributed by atoms with Crippen LogP contribution < -0.4 is 25.0 Å². The first kappa shape index (κ1) is 22.6. The van der Waals surface area contributed by atoms with Crippen molar-refractivity contribution in [1.82, 2.24) is 10.6 Å². The highest BCUT2D eigenvalue weighted by atomic mass is 16.5. The van der Waals surface area contributed by atoms with E-state index in [-0.39, 0.29) is 0 Å². The minimum atomic E-state index is 0.298. The summed E-state index contributed by atoms with van der Waals surface area (Å²) < 4.78 is 10.8. The fraction of sp³-hybridized carbons (Fsp3) is 0.458. The van der Waals surface area contributed by atoms with Crippen LogP contribution in [0.5, 0.6) is 17.2 Å². The standard InChI is InChI=1S/C24H34N4O3/c1-4-25-24(26-11-8-18-6-5-7-21(29)14-18)27-19-9-12-28(13-10-19)20-15-22(30-2)17-23(16-20)31-3/h5-7,14-17,19,29H,4,8-13H2,1-3H3,(H2,25,26,27). The summed E-state index contributed by atoms with van der Waals surface area (Å²) in [5, 5.41) is 16.5. The maximum absolute atomic E-state index is 9.61. The van der Waals surface area contributed by atoms with Crippen LogP contribution >= 0.6 is 0 Å². The Bertz CT molecular complexity index is 841. The molecule has 3 rings (SSSR count). The van der Waals surface area contributed by atoms with Crippen LogP contribution in [-0.4, -0.2) is 57.5 Å². The van der Waals surface area contributed by atoms with Gasteiger partial charge in [-0.15, -0.1) is 0 Å². The quantitative estimate of drug-likeness (QED) is 0.445. The van der Waals surface area contributed by atoms with Gasteiger partial charge in [-0.1, -0.05) is 12.1 Å². The van der Waals surface area contributed by atoms with Crippen LogP contribution in [0.4, 0.5) is 5.69 Å². The normalized spacial score (nSPS) is 14.9. The van der Waals surface area contributed by atoms with E-state index in [0.29, 0.717) is 18.3 Å². The maximum Gasteiger partial charge on any atom is 0.191 e. The number of piperidine rings is 1. The molecule has 0 unspecified atom stereocenters. The SMILES string of the molecule is CCNC(=NCCc1cccc(O)c1)NC1CCN(c2cc(OC)cc(OC)c2)CC1. The van der Waals surface area contributed by atoms with E-state index in [1.807, 2.05) is 18.2 Å². The van der Waals surface area contributed by atoms with Crippen molar-refractivity contribution in [2.24, 2.45) is 4.99 Å². The van der Waals surface area contributed by atoms with Gasteiger partial charge in [-0.3, -0.25) is 4.99 Å². The minimum Gasteiger partial charge on any atom is -0.508 e. The van der Waals surface area contributed by atoms with Gasteiger partial charge in [0.1, 0.15) is 17.2 Å². The molecule has 3 N–H and O–H groups in total. The number of hydrogen-bond donors (Lipinski definition) is 3. The molecular weight excluding hydrogens is 392 g/mol. The zero-order chi connectivity index (χ0) is 22.1. The molecule has 2 aromatic carbocycles. The summed E-state index contributed by atoms with van der Waals surface area (Å²) in [4.78, 5) is 7.09. The highest BCUT2D eigenvalue weighted by Gasteiger charge is 2.21. The van der Waals surface area contributed by atoms with Crippen molar-refractivity contribution >= 4 is 11.6 Å². The molecule has 1 saturated heterocycles. The summed E-state index contributed by atoms with van der Waals surface area (Å²) in [5.41, 5.74) is 2.21. The Balaban J connectivity index is 1.54. The first-order valence-electron chi connectivity index (χ1n) is 10.9. The van der Waals surface area contributed by atoms with Gasteiger partial charge in [-0.2, -0.15) is 0 Å². The van der Waals surface area contributed by atoms with Crippen molar-refractivity contribution in [3.05, 3.63) is 48.0 Å². The maximum atomic E-state index is 9.61. The lowest BCUT2D eigenvalue weighted by atomic mass is 10.0. The van der Waals surface area contributed by atoms with Crippen molar-refractivity contribution in [1.29, 1.82) is 0 Å². The molecule has 1 aliphatic heterocycles. The number of benzene rings is 2. The first-order chi connectivity index (χ1) is 15.1. The average Bonchev–Trinajstić information content (AvgIpc) is 2.79. The van der Waals surface area contributed by atoms with E-state index < -0.39 is 0 Å². The van der Waals surface area contributed by atoms with Crippen molar-refractivity contribution in [2.45, 2.75) is 32.2 Å². The van der Waals surface area contributed by atoms with Crippen LogP contribution in [-0.2, 0) is 6.42 Å². The van der Waals surface area contributed by atoms with Gasteiger partial charge in [0.05, 0.1) is 14.2 Å². The van der Waals surface area contributed by atoms with Crippen LogP contribution in [0.25, 0.3) is 0 Å². The monoisotopic (exact) mass is 426 g/mol. The van der Waals surface area contributed by atoms with Crippen molar-refractivity contribution in [3.8, 4) is 17.2 Å². The number of aliphatic imine (C=N–C) groups is 1. The number of aromatic hydroxyl groups is 1. The molecule has 2 aromatic rings. The van der Waals surface area contributed by atoms with E-state index in [4.69, 9.17) is 14.5 Å². The Kier molecular flexibility index (Phi) is 8.27. The van der Waals surface area contributed by atoms with Crippen LogP contribution in [0, 0.1) is 0 Å². The second-order valence-electron chi connectivity index (χ2n) is 7.66. The molecule has 7 nitrogen and oxygen atoms in total. The predicted molar refractivity (Wildman–Crippen MR) is 126 cm³/mol. The highest BCUT2D eigenvalue weighted by Crippen LogP contribution is 2.30. The first-order valence-corrected chi connectivity index (χ1v) is 10.9. The number of phenols is 1.